The Balaban J connectivity index is 1.47. The predicted octanol–water partition coefficient (Wildman–Crippen LogP) is 8.74. The molecule has 0 saturated carbocycles. The second-order valence-electron chi connectivity index (χ2n) is 14.0. The van der Waals surface area contributed by atoms with Gasteiger partial charge in [-0.25, -0.2) is 4.79 Å². The zero-order valence-electron chi connectivity index (χ0n) is 28.8. The van der Waals surface area contributed by atoms with Crippen LogP contribution in [0.1, 0.15) is 87.1 Å². The van der Waals surface area contributed by atoms with Gasteiger partial charge in [0.25, 0.3) is 5.91 Å². The van der Waals surface area contributed by atoms with Crippen LogP contribution in [0, 0.1) is 12.8 Å². The molecule has 2 heterocycles. The highest BCUT2D eigenvalue weighted by molar-refractivity contribution is 7.97. The number of carbonyl (C=O) groups is 2. The third kappa shape index (κ3) is 9.48. The van der Waals surface area contributed by atoms with Crippen LogP contribution in [0.25, 0.3) is 0 Å². The third-order valence-electron chi connectivity index (χ3n) is 7.97. The maximum atomic E-state index is 13.8. The van der Waals surface area contributed by atoms with E-state index < -0.39 is 5.60 Å². The Bertz CT molecular complexity index is 1520. The number of piperidine rings is 1. The molecule has 0 N–H and O–H groups in total. The number of hydroxylamine groups is 1. The fraction of sp³-hybridized carbons (Fsp3) is 0.486. The van der Waals surface area contributed by atoms with Crippen LogP contribution in [0.5, 0.6) is 11.5 Å². The molecular formula is C37H49N3O5S. The molecule has 248 valence electrons. The van der Waals surface area contributed by atoms with Gasteiger partial charge in [0.1, 0.15) is 17.1 Å². The van der Waals surface area contributed by atoms with Crippen molar-refractivity contribution < 1.29 is 23.9 Å². The van der Waals surface area contributed by atoms with Crippen molar-refractivity contribution >= 4 is 29.4 Å². The molecule has 4 rings (SSSR count). The van der Waals surface area contributed by atoms with Crippen LogP contribution in [0.4, 0.5) is 10.5 Å². The molecule has 9 heteroatoms. The van der Waals surface area contributed by atoms with Crippen molar-refractivity contribution in [2.24, 2.45) is 5.92 Å². The Morgan fingerprint density at radius 2 is 1.72 bits per heavy atom. The second-order valence-corrected chi connectivity index (χ2v) is 14.9. The molecule has 0 radical (unpaired) electrons. The molecule has 1 aromatic heterocycles. The van der Waals surface area contributed by atoms with Crippen molar-refractivity contribution in [2.75, 3.05) is 31.5 Å². The first-order valence-corrected chi connectivity index (χ1v) is 17.3. The van der Waals surface area contributed by atoms with Gasteiger partial charge >= 0.3 is 6.09 Å². The molecule has 0 bridgehead atoms. The van der Waals surface area contributed by atoms with Crippen LogP contribution >= 0.6 is 11.8 Å². The fourth-order valence-electron chi connectivity index (χ4n) is 5.44. The predicted molar refractivity (Wildman–Crippen MR) is 186 cm³/mol. The second kappa shape index (κ2) is 14.9. The molecule has 0 aliphatic carbocycles. The average Bonchev–Trinajstić information content (AvgIpc) is 2.98. The van der Waals surface area contributed by atoms with Gasteiger partial charge in [-0.3, -0.25) is 14.6 Å². The van der Waals surface area contributed by atoms with Crippen LogP contribution in [0.15, 0.2) is 54.7 Å². The van der Waals surface area contributed by atoms with E-state index >= 15 is 0 Å². The van der Waals surface area contributed by atoms with Gasteiger partial charge in [-0.15, -0.1) is 0 Å². The number of likely N-dealkylation sites (tertiary alicyclic amines) is 1. The van der Waals surface area contributed by atoms with E-state index in [9.17, 15) is 9.59 Å². The summed E-state index contributed by atoms with van der Waals surface area (Å²) in [4.78, 5) is 38.3. The van der Waals surface area contributed by atoms with Crippen LogP contribution in [-0.4, -0.2) is 53.9 Å². The van der Waals surface area contributed by atoms with Gasteiger partial charge in [0, 0.05) is 42.4 Å². The minimum absolute atomic E-state index is 0.0860. The zero-order valence-corrected chi connectivity index (χ0v) is 29.6. The van der Waals surface area contributed by atoms with Gasteiger partial charge in [0.2, 0.25) is 0 Å². The van der Waals surface area contributed by atoms with E-state index in [0.717, 1.165) is 47.4 Å². The lowest BCUT2D eigenvalue weighted by Gasteiger charge is -2.33. The molecule has 8 nitrogen and oxygen atoms in total. The number of aromatic nitrogens is 1. The molecule has 46 heavy (non-hydrogen) atoms. The van der Waals surface area contributed by atoms with Gasteiger partial charge in [-0.1, -0.05) is 32.9 Å². The van der Waals surface area contributed by atoms with Crippen molar-refractivity contribution in [3.63, 3.8) is 0 Å². The summed E-state index contributed by atoms with van der Waals surface area (Å²) in [5.41, 5.74) is 4.69. The van der Waals surface area contributed by atoms with Crippen molar-refractivity contribution in [1.29, 1.82) is 0 Å². The number of nitrogens with zero attached hydrogens (tertiary/aromatic N) is 3. The third-order valence-corrected chi connectivity index (χ3v) is 8.59. The van der Waals surface area contributed by atoms with E-state index in [1.165, 1.54) is 12.2 Å². The van der Waals surface area contributed by atoms with E-state index in [-0.39, 0.29) is 17.4 Å². The van der Waals surface area contributed by atoms with Crippen LogP contribution in [-0.2, 0) is 27.2 Å². The van der Waals surface area contributed by atoms with Crippen LogP contribution in [0.3, 0.4) is 0 Å². The van der Waals surface area contributed by atoms with Crippen LogP contribution < -0.4 is 9.80 Å². The molecule has 0 unspecified atom stereocenters. The highest BCUT2D eigenvalue weighted by Crippen LogP contribution is 2.32. The topological polar surface area (TPSA) is 81.2 Å². The first-order chi connectivity index (χ1) is 21.7. The number of aryl methyl sites for hydroxylation is 1. The molecular weight excluding hydrogens is 598 g/mol. The number of thioether (sulfide) groups is 1. The highest BCUT2D eigenvalue weighted by atomic mass is 32.2. The number of rotatable bonds is 9. The summed E-state index contributed by atoms with van der Waals surface area (Å²) < 4.78 is 11.9. The molecule has 2 aromatic carbocycles. The number of hydrogen-bond acceptors (Lipinski definition) is 7. The maximum absolute atomic E-state index is 13.8. The molecule has 1 aliphatic heterocycles. The standard InChI is InChI=1S/C37H49N3O5S/c1-25-10-11-28(34(41)40(43-8)31-20-27(24-46-9)18-29(22-31)36(2,3)4)21-33(25)44-32-12-15-38-30(23-32)19-26-13-16-39(17-14-26)35(42)45-37(5,6)7/h10-12,15,18,20-23,26H,13-14,16-17,19,24H2,1-9H3. The molecule has 1 fully saturated rings. The normalized spacial score (nSPS) is 14.2. The Hall–Kier alpha value is -3.56. The number of anilines is 1. The van der Waals surface area contributed by atoms with Gasteiger partial charge < -0.3 is 14.4 Å². The fourth-order valence-corrected chi connectivity index (χ4v) is 5.94. The molecule has 1 saturated heterocycles. The van der Waals surface area contributed by atoms with Gasteiger partial charge in [0.15, 0.2) is 0 Å². The number of amides is 2. The minimum atomic E-state index is -0.498. The molecule has 1 aliphatic rings. The number of ether oxygens (including phenoxy) is 2. The highest BCUT2D eigenvalue weighted by Gasteiger charge is 2.27. The first-order valence-electron chi connectivity index (χ1n) is 15.9. The molecule has 3 aromatic rings. The number of carbonyl (C=O) groups excluding carboxylic acids is 2. The van der Waals surface area contributed by atoms with Gasteiger partial charge in [-0.05, 0) is 112 Å². The summed E-state index contributed by atoms with van der Waals surface area (Å²) in [6.45, 7) is 15.5. The van der Waals surface area contributed by atoms with E-state index in [1.807, 2.05) is 58.0 Å². The Morgan fingerprint density at radius 3 is 2.35 bits per heavy atom. The molecule has 0 atom stereocenters. The lowest BCUT2D eigenvalue weighted by Crippen LogP contribution is -2.42. The summed E-state index contributed by atoms with van der Waals surface area (Å²) in [5.74, 6) is 2.23. The smallest absolute Gasteiger partial charge is 0.410 e. The SMILES string of the molecule is CON(C(=O)c1ccc(C)c(Oc2ccnc(CC3CCN(C(=O)OC(C)(C)C)CC3)c2)c1)c1cc(CSC)cc(C(C)(C)C)c1. The number of pyridine rings is 1. The lowest BCUT2D eigenvalue weighted by molar-refractivity contribution is 0.0184. The quantitative estimate of drug-likeness (QED) is 0.215. The summed E-state index contributed by atoms with van der Waals surface area (Å²) in [5, 5.41) is 1.35. The zero-order chi connectivity index (χ0) is 33.6. The monoisotopic (exact) mass is 647 g/mol. The molecule has 0 spiro atoms. The van der Waals surface area contributed by atoms with Crippen molar-refractivity contribution in [3.05, 3.63) is 82.7 Å². The van der Waals surface area contributed by atoms with E-state index in [4.69, 9.17) is 14.3 Å². The summed E-state index contributed by atoms with van der Waals surface area (Å²) in [6.07, 6.45) is 6.16. The van der Waals surface area contributed by atoms with Gasteiger partial charge in [-0.2, -0.15) is 16.8 Å². The Morgan fingerprint density at radius 1 is 1.00 bits per heavy atom. The van der Waals surface area contributed by atoms with Crippen molar-refractivity contribution in [1.82, 2.24) is 9.88 Å². The van der Waals surface area contributed by atoms with E-state index in [1.54, 1.807) is 35.0 Å². The van der Waals surface area contributed by atoms with Crippen molar-refractivity contribution in [2.45, 2.75) is 84.5 Å². The lowest BCUT2D eigenvalue weighted by atomic mass is 9.86. The van der Waals surface area contributed by atoms with E-state index in [2.05, 4.69) is 38.1 Å². The van der Waals surface area contributed by atoms with Crippen molar-refractivity contribution in [3.8, 4) is 11.5 Å². The Kier molecular flexibility index (Phi) is 11.4. The summed E-state index contributed by atoms with van der Waals surface area (Å²) >= 11 is 1.74. The minimum Gasteiger partial charge on any atom is -0.457 e. The maximum Gasteiger partial charge on any atom is 0.410 e. The average molecular weight is 648 g/mol. The first kappa shape index (κ1) is 35.3. The summed E-state index contributed by atoms with van der Waals surface area (Å²) in [7, 11) is 1.52. The van der Waals surface area contributed by atoms with Gasteiger partial charge in [0.05, 0.1) is 12.8 Å². The van der Waals surface area contributed by atoms with Crippen LogP contribution in [0.2, 0.25) is 0 Å². The number of benzene rings is 2. The summed E-state index contributed by atoms with van der Waals surface area (Å²) in [6, 6.07) is 15.5. The molecule has 2 amide bonds. The number of hydrogen-bond donors (Lipinski definition) is 0. The Labute approximate surface area is 278 Å². The largest absolute Gasteiger partial charge is 0.457 e. The van der Waals surface area contributed by atoms with E-state index in [0.29, 0.717) is 41.8 Å².